The van der Waals surface area contributed by atoms with Crippen LogP contribution < -0.4 is 5.32 Å². The summed E-state index contributed by atoms with van der Waals surface area (Å²) in [6, 6.07) is 8.82. The minimum absolute atomic E-state index is 0.378. The van der Waals surface area contributed by atoms with Crippen LogP contribution in [-0.2, 0) is 5.41 Å². The van der Waals surface area contributed by atoms with E-state index in [1.807, 2.05) is 0 Å². The van der Waals surface area contributed by atoms with Crippen LogP contribution in [-0.4, -0.2) is 13.1 Å². The first-order valence-electron chi connectivity index (χ1n) is 5.48. The summed E-state index contributed by atoms with van der Waals surface area (Å²) in [6.07, 6.45) is 7.80. The van der Waals surface area contributed by atoms with E-state index in [1.54, 1.807) is 0 Å². The molecule has 1 fully saturated rings. The van der Waals surface area contributed by atoms with Crippen LogP contribution in [0.15, 0.2) is 24.3 Å². The van der Waals surface area contributed by atoms with E-state index in [9.17, 15) is 0 Å². The molecule has 0 radical (unpaired) electrons. The van der Waals surface area contributed by atoms with E-state index in [0.29, 0.717) is 12.0 Å². The van der Waals surface area contributed by atoms with Gasteiger partial charge in [0.2, 0.25) is 0 Å². The van der Waals surface area contributed by atoms with Crippen molar-refractivity contribution in [2.75, 3.05) is 13.1 Å². The van der Waals surface area contributed by atoms with Gasteiger partial charge < -0.3 is 5.32 Å². The van der Waals surface area contributed by atoms with E-state index < -0.39 is 0 Å². The van der Waals surface area contributed by atoms with Gasteiger partial charge in [-0.05, 0) is 25.3 Å². The third-order valence-electron chi connectivity index (χ3n) is 3.17. The van der Waals surface area contributed by atoms with Gasteiger partial charge in [-0.15, -0.1) is 6.42 Å². The standard InChI is InChI=1S/C14H17N/c1-3-9-15-11-14(7-8-14)13-6-4-5-12(2)10-13/h1,4-6,10,15H,7-9,11H2,2H3. The Morgan fingerprint density at radius 3 is 2.87 bits per heavy atom. The van der Waals surface area contributed by atoms with Gasteiger partial charge in [0, 0.05) is 12.0 Å². The molecule has 1 saturated carbocycles. The molecule has 1 nitrogen and oxygen atoms in total. The Hall–Kier alpha value is -1.26. The molecule has 0 aromatic heterocycles. The summed E-state index contributed by atoms with van der Waals surface area (Å²) in [6.45, 7) is 3.84. The lowest BCUT2D eigenvalue weighted by Crippen LogP contribution is -2.27. The minimum Gasteiger partial charge on any atom is -0.305 e. The van der Waals surface area contributed by atoms with Gasteiger partial charge in [-0.2, -0.15) is 0 Å². The number of aryl methyl sites for hydroxylation is 1. The second-order valence-corrected chi connectivity index (χ2v) is 4.46. The monoisotopic (exact) mass is 199 g/mol. The molecule has 1 aromatic rings. The summed E-state index contributed by atoms with van der Waals surface area (Å²) >= 11 is 0. The fourth-order valence-electron chi connectivity index (χ4n) is 2.07. The van der Waals surface area contributed by atoms with Gasteiger partial charge in [-0.25, -0.2) is 0 Å². The summed E-state index contributed by atoms with van der Waals surface area (Å²) in [5, 5.41) is 3.32. The zero-order valence-corrected chi connectivity index (χ0v) is 9.22. The molecule has 0 atom stereocenters. The first kappa shape index (κ1) is 10.3. The van der Waals surface area contributed by atoms with E-state index in [2.05, 4.69) is 42.4 Å². The fraction of sp³-hybridized carbons (Fsp3) is 0.429. The summed E-state index contributed by atoms with van der Waals surface area (Å²) in [5.41, 5.74) is 3.19. The molecule has 1 aliphatic carbocycles. The Morgan fingerprint density at radius 2 is 2.27 bits per heavy atom. The van der Waals surface area contributed by atoms with Gasteiger partial charge in [-0.3, -0.25) is 0 Å². The van der Waals surface area contributed by atoms with Gasteiger partial charge in [0.15, 0.2) is 0 Å². The highest BCUT2D eigenvalue weighted by Crippen LogP contribution is 2.47. The second-order valence-electron chi connectivity index (χ2n) is 4.46. The SMILES string of the molecule is C#CCNCC1(c2cccc(C)c2)CC1. The topological polar surface area (TPSA) is 12.0 Å². The van der Waals surface area contributed by atoms with Crippen LogP contribution in [0.5, 0.6) is 0 Å². The predicted octanol–water partition coefficient (Wildman–Crippen LogP) is 2.25. The van der Waals surface area contributed by atoms with Gasteiger partial charge in [0.25, 0.3) is 0 Å². The molecule has 1 N–H and O–H groups in total. The molecule has 1 heteroatoms. The first-order chi connectivity index (χ1) is 7.27. The highest BCUT2D eigenvalue weighted by molar-refractivity contribution is 5.34. The summed E-state index contributed by atoms with van der Waals surface area (Å²) in [4.78, 5) is 0. The predicted molar refractivity (Wildman–Crippen MR) is 63.8 cm³/mol. The van der Waals surface area contributed by atoms with Crippen LogP contribution in [0.25, 0.3) is 0 Å². The Labute approximate surface area is 91.9 Å². The molecule has 1 aromatic carbocycles. The maximum absolute atomic E-state index is 5.23. The first-order valence-corrected chi connectivity index (χ1v) is 5.48. The van der Waals surface area contributed by atoms with Crippen molar-refractivity contribution in [2.24, 2.45) is 0 Å². The molecule has 2 rings (SSSR count). The highest BCUT2D eigenvalue weighted by atomic mass is 14.9. The quantitative estimate of drug-likeness (QED) is 0.579. The van der Waals surface area contributed by atoms with Crippen molar-refractivity contribution in [1.29, 1.82) is 0 Å². The average Bonchev–Trinajstić information content (AvgIpc) is 3.00. The van der Waals surface area contributed by atoms with E-state index in [0.717, 1.165) is 6.54 Å². The van der Waals surface area contributed by atoms with Crippen LogP contribution >= 0.6 is 0 Å². The molecule has 0 unspecified atom stereocenters. The van der Waals surface area contributed by atoms with Crippen LogP contribution in [0.1, 0.15) is 24.0 Å². The Morgan fingerprint density at radius 1 is 1.47 bits per heavy atom. The number of hydrogen-bond acceptors (Lipinski definition) is 1. The van der Waals surface area contributed by atoms with Gasteiger partial charge >= 0.3 is 0 Å². The van der Waals surface area contributed by atoms with Crippen LogP contribution in [0.4, 0.5) is 0 Å². The van der Waals surface area contributed by atoms with E-state index >= 15 is 0 Å². The molecule has 0 heterocycles. The molecule has 0 bridgehead atoms. The third-order valence-corrected chi connectivity index (χ3v) is 3.17. The molecule has 0 aliphatic heterocycles. The number of hydrogen-bond donors (Lipinski definition) is 1. The van der Waals surface area contributed by atoms with Crippen molar-refractivity contribution in [2.45, 2.75) is 25.2 Å². The zero-order chi connectivity index (χ0) is 10.7. The maximum atomic E-state index is 5.23. The number of terminal acetylenes is 1. The summed E-state index contributed by atoms with van der Waals surface area (Å²) in [5.74, 6) is 2.62. The van der Waals surface area contributed by atoms with E-state index in [4.69, 9.17) is 6.42 Å². The molecule has 0 amide bonds. The van der Waals surface area contributed by atoms with Crippen molar-refractivity contribution in [3.63, 3.8) is 0 Å². The maximum Gasteiger partial charge on any atom is 0.0574 e. The lowest BCUT2D eigenvalue weighted by Gasteiger charge is -2.16. The number of rotatable bonds is 4. The Balaban J connectivity index is 2.06. The molecule has 0 spiro atoms. The highest BCUT2D eigenvalue weighted by Gasteiger charge is 2.43. The average molecular weight is 199 g/mol. The van der Waals surface area contributed by atoms with Crippen LogP contribution in [0, 0.1) is 19.3 Å². The largest absolute Gasteiger partial charge is 0.305 e. The Bertz CT molecular complexity index is 383. The van der Waals surface area contributed by atoms with Crippen molar-refractivity contribution in [3.05, 3.63) is 35.4 Å². The summed E-state index contributed by atoms with van der Waals surface area (Å²) in [7, 11) is 0. The Kier molecular flexibility index (Phi) is 2.79. The fourth-order valence-corrected chi connectivity index (χ4v) is 2.07. The number of nitrogens with one attached hydrogen (secondary N) is 1. The van der Waals surface area contributed by atoms with Gasteiger partial charge in [-0.1, -0.05) is 35.7 Å². The normalized spacial score (nSPS) is 17.1. The lowest BCUT2D eigenvalue weighted by atomic mass is 9.94. The van der Waals surface area contributed by atoms with Gasteiger partial charge in [0.1, 0.15) is 0 Å². The van der Waals surface area contributed by atoms with Crippen LogP contribution in [0.2, 0.25) is 0 Å². The third kappa shape index (κ3) is 2.22. The lowest BCUT2D eigenvalue weighted by molar-refractivity contribution is 0.606. The minimum atomic E-state index is 0.378. The van der Waals surface area contributed by atoms with Crippen molar-refractivity contribution in [1.82, 2.24) is 5.32 Å². The molecule has 1 aliphatic rings. The molecule has 78 valence electrons. The van der Waals surface area contributed by atoms with Gasteiger partial charge in [0.05, 0.1) is 6.54 Å². The molecular weight excluding hydrogens is 182 g/mol. The van der Waals surface area contributed by atoms with Crippen molar-refractivity contribution in [3.8, 4) is 12.3 Å². The second kappa shape index (κ2) is 4.08. The summed E-state index contributed by atoms with van der Waals surface area (Å²) < 4.78 is 0. The van der Waals surface area contributed by atoms with Crippen molar-refractivity contribution >= 4 is 0 Å². The van der Waals surface area contributed by atoms with E-state index in [-0.39, 0.29) is 0 Å². The van der Waals surface area contributed by atoms with E-state index in [1.165, 1.54) is 24.0 Å². The van der Waals surface area contributed by atoms with Crippen LogP contribution in [0.3, 0.4) is 0 Å². The number of benzene rings is 1. The molecular formula is C14H17N. The van der Waals surface area contributed by atoms with Crippen molar-refractivity contribution < 1.29 is 0 Å². The molecule has 15 heavy (non-hydrogen) atoms. The molecule has 0 saturated heterocycles. The zero-order valence-electron chi connectivity index (χ0n) is 9.22. The smallest absolute Gasteiger partial charge is 0.0574 e.